The Morgan fingerprint density at radius 1 is 1.43 bits per heavy atom. The van der Waals surface area contributed by atoms with Crippen LogP contribution in [0.1, 0.15) is 30.3 Å². The molecule has 0 aliphatic rings. The first-order valence-corrected chi connectivity index (χ1v) is 7.01. The summed E-state index contributed by atoms with van der Waals surface area (Å²) in [5.74, 6) is 0.713. The molecule has 0 spiro atoms. The third kappa shape index (κ3) is 6.19. The summed E-state index contributed by atoms with van der Waals surface area (Å²) < 4.78 is 14.0. The fourth-order valence-corrected chi connectivity index (χ4v) is 2.17. The zero-order valence-electron chi connectivity index (χ0n) is 13.5. The van der Waals surface area contributed by atoms with E-state index in [-0.39, 0.29) is 36.7 Å². The highest BCUT2D eigenvalue weighted by molar-refractivity contribution is 14.0. The van der Waals surface area contributed by atoms with Crippen molar-refractivity contribution < 1.29 is 4.39 Å². The van der Waals surface area contributed by atoms with Crippen LogP contribution in [0.15, 0.2) is 4.99 Å². The summed E-state index contributed by atoms with van der Waals surface area (Å²) in [6.45, 7) is 6.50. The van der Waals surface area contributed by atoms with Gasteiger partial charge in [0.1, 0.15) is 0 Å². The van der Waals surface area contributed by atoms with E-state index < -0.39 is 0 Å². The molecule has 0 fully saturated rings. The second-order valence-electron chi connectivity index (χ2n) is 5.06. The van der Waals surface area contributed by atoms with Crippen molar-refractivity contribution in [1.82, 2.24) is 20.4 Å². The molecule has 1 heterocycles. The molecule has 122 valence electrons. The molecule has 1 aromatic rings. The molecule has 0 saturated heterocycles. The van der Waals surface area contributed by atoms with E-state index in [0.29, 0.717) is 18.9 Å². The number of aryl methyl sites for hydroxylation is 2. The van der Waals surface area contributed by atoms with Crippen LogP contribution in [0.25, 0.3) is 0 Å². The second kappa shape index (κ2) is 9.97. The molecule has 0 aromatic carbocycles. The summed E-state index contributed by atoms with van der Waals surface area (Å²) in [6.07, 6.45) is 1.38. The summed E-state index contributed by atoms with van der Waals surface area (Å²) in [6, 6.07) is 0.230. The van der Waals surface area contributed by atoms with Gasteiger partial charge in [-0.3, -0.25) is 14.1 Å². The van der Waals surface area contributed by atoms with Crippen LogP contribution < -0.4 is 10.6 Å². The number of guanidine groups is 1. The number of hydrogen-bond donors (Lipinski definition) is 2. The highest BCUT2D eigenvalue weighted by Gasteiger charge is 2.13. The zero-order chi connectivity index (χ0) is 15.1. The number of alkyl halides is 1. The molecule has 1 rings (SSSR count). The van der Waals surface area contributed by atoms with E-state index in [2.05, 4.69) is 34.6 Å². The zero-order valence-corrected chi connectivity index (χ0v) is 15.9. The summed E-state index contributed by atoms with van der Waals surface area (Å²) in [5.41, 5.74) is 3.53. The Bertz CT molecular complexity index is 458. The number of rotatable bonds is 6. The first kappa shape index (κ1) is 20.1. The summed E-state index contributed by atoms with van der Waals surface area (Å²) >= 11 is 0. The third-order valence-electron chi connectivity index (χ3n) is 3.38. The van der Waals surface area contributed by atoms with E-state index >= 15 is 0 Å². The van der Waals surface area contributed by atoms with Gasteiger partial charge in [0, 0.05) is 32.4 Å². The predicted octanol–water partition coefficient (Wildman–Crippen LogP) is 2.11. The normalized spacial score (nSPS) is 12.8. The summed E-state index contributed by atoms with van der Waals surface area (Å²) in [4.78, 5) is 4.14. The maximum atomic E-state index is 12.1. The first-order chi connectivity index (χ1) is 9.49. The minimum Gasteiger partial charge on any atom is -0.356 e. The van der Waals surface area contributed by atoms with E-state index in [1.807, 2.05) is 18.7 Å². The maximum absolute atomic E-state index is 12.1. The number of hydrogen-bond acceptors (Lipinski definition) is 2. The summed E-state index contributed by atoms with van der Waals surface area (Å²) in [5, 5.41) is 10.8. The van der Waals surface area contributed by atoms with Gasteiger partial charge in [0.15, 0.2) is 5.96 Å². The highest BCUT2D eigenvalue weighted by atomic mass is 127. The molecule has 1 atom stereocenters. The molecule has 0 aliphatic carbocycles. The Morgan fingerprint density at radius 3 is 2.57 bits per heavy atom. The molecule has 21 heavy (non-hydrogen) atoms. The van der Waals surface area contributed by atoms with Crippen LogP contribution in [-0.2, 0) is 13.5 Å². The Hall–Kier alpha value is -0.860. The van der Waals surface area contributed by atoms with Gasteiger partial charge in [-0.15, -0.1) is 24.0 Å². The van der Waals surface area contributed by atoms with Gasteiger partial charge in [0.05, 0.1) is 12.4 Å². The van der Waals surface area contributed by atoms with Crippen molar-refractivity contribution in [3.63, 3.8) is 0 Å². The van der Waals surface area contributed by atoms with E-state index in [1.165, 1.54) is 11.3 Å². The lowest BCUT2D eigenvalue weighted by molar-refractivity contribution is 0.470. The third-order valence-corrected chi connectivity index (χ3v) is 3.38. The van der Waals surface area contributed by atoms with Gasteiger partial charge in [0.25, 0.3) is 0 Å². The largest absolute Gasteiger partial charge is 0.356 e. The fourth-order valence-electron chi connectivity index (χ4n) is 2.17. The maximum Gasteiger partial charge on any atom is 0.191 e. The number of aliphatic imine (C=N–C) groups is 1. The molecule has 1 aromatic heterocycles. The molecular weight excluding hydrogens is 384 g/mol. The van der Waals surface area contributed by atoms with Crippen molar-refractivity contribution in [1.29, 1.82) is 0 Å². The van der Waals surface area contributed by atoms with Crippen LogP contribution in [0, 0.1) is 13.8 Å². The first-order valence-electron chi connectivity index (χ1n) is 7.01. The average molecular weight is 411 g/mol. The van der Waals surface area contributed by atoms with Gasteiger partial charge in [-0.05, 0) is 39.2 Å². The minimum atomic E-state index is -0.312. The van der Waals surface area contributed by atoms with Gasteiger partial charge >= 0.3 is 0 Å². The van der Waals surface area contributed by atoms with Gasteiger partial charge in [-0.2, -0.15) is 5.10 Å². The van der Waals surface area contributed by atoms with Crippen molar-refractivity contribution in [2.45, 2.75) is 39.7 Å². The molecule has 0 bridgehead atoms. The van der Waals surface area contributed by atoms with Crippen LogP contribution in [0.4, 0.5) is 4.39 Å². The number of nitrogens with one attached hydrogen (secondary N) is 2. The Balaban J connectivity index is 0.00000400. The topological polar surface area (TPSA) is 54.2 Å². The van der Waals surface area contributed by atoms with Crippen molar-refractivity contribution in [2.24, 2.45) is 12.0 Å². The second-order valence-corrected chi connectivity index (χ2v) is 5.06. The van der Waals surface area contributed by atoms with E-state index in [4.69, 9.17) is 0 Å². The van der Waals surface area contributed by atoms with Gasteiger partial charge in [-0.1, -0.05) is 0 Å². The standard InChI is InChI=1S/C14H26FN5.HI/c1-10(18-14(16-4)17-8-6-7-15)9-13-11(2)19-20(5)12(13)3;/h10H,6-9H2,1-5H3,(H2,16,17,18);1H. The quantitative estimate of drug-likeness (QED) is 0.326. The lowest BCUT2D eigenvalue weighted by Gasteiger charge is -2.18. The van der Waals surface area contributed by atoms with Gasteiger partial charge in [0.2, 0.25) is 0 Å². The number of halogens is 2. The Labute approximate surface area is 143 Å². The Morgan fingerprint density at radius 2 is 2.10 bits per heavy atom. The lowest BCUT2D eigenvalue weighted by atomic mass is 10.1. The number of nitrogens with zero attached hydrogens (tertiary/aromatic N) is 3. The average Bonchev–Trinajstić information content (AvgIpc) is 2.64. The molecule has 1 unspecified atom stereocenters. The van der Waals surface area contributed by atoms with E-state index in [1.54, 1.807) is 7.05 Å². The minimum absolute atomic E-state index is 0. The van der Waals surface area contributed by atoms with Crippen molar-refractivity contribution in [2.75, 3.05) is 20.3 Å². The SMILES string of the molecule is CN=C(NCCCF)NC(C)Cc1c(C)nn(C)c1C.I. The molecule has 0 amide bonds. The van der Waals surface area contributed by atoms with E-state index in [9.17, 15) is 4.39 Å². The van der Waals surface area contributed by atoms with E-state index in [0.717, 1.165) is 12.1 Å². The molecule has 7 heteroatoms. The van der Waals surface area contributed by atoms with Gasteiger partial charge in [-0.25, -0.2) is 0 Å². The number of aromatic nitrogens is 2. The lowest BCUT2D eigenvalue weighted by Crippen LogP contribution is -2.43. The van der Waals surface area contributed by atoms with Gasteiger partial charge < -0.3 is 10.6 Å². The van der Waals surface area contributed by atoms with Crippen molar-refractivity contribution >= 4 is 29.9 Å². The molecular formula is C14H27FIN5. The Kier molecular flexibility index (Phi) is 9.56. The van der Waals surface area contributed by atoms with Crippen LogP contribution in [0.2, 0.25) is 0 Å². The molecule has 0 aliphatic heterocycles. The fraction of sp³-hybridized carbons (Fsp3) is 0.714. The van der Waals surface area contributed by atoms with Crippen LogP contribution in [0.5, 0.6) is 0 Å². The molecule has 5 nitrogen and oxygen atoms in total. The molecule has 0 saturated carbocycles. The highest BCUT2D eigenvalue weighted by Crippen LogP contribution is 2.13. The van der Waals surface area contributed by atoms with Crippen LogP contribution in [-0.4, -0.2) is 42.0 Å². The smallest absolute Gasteiger partial charge is 0.191 e. The van der Waals surface area contributed by atoms with Crippen LogP contribution in [0.3, 0.4) is 0 Å². The van der Waals surface area contributed by atoms with Crippen molar-refractivity contribution in [3.8, 4) is 0 Å². The molecule has 0 radical (unpaired) electrons. The predicted molar refractivity (Wildman–Crippen MR) is 96.4 cm³/mol. The molecule has 2 N–H and O–H groups in total. The summed E-state index contributed by atoms with van der Waals surface area (Å²) in [7, 11) is 3.68. The van der Waals surface area contributed by atoms with Crippen molar-refractivity contribution in [3.05, 3.63) is 17.0 Å². The van der Waals surface area contributed by atoms with Crippen LogP contribution >= 0.6 is 24.0 Å². The monoisotopic (exact) mass is 411 g/mol.